The summed E-state index contributed by atoms with van der Waals surface area (Å²) in [6, 6.07) is 40.8. The number of fused-ring (bicyclic) bond motifs is 8. The SMILES string of the molecule is O=[N+]([O-])C1=Cc2nc1c(-c1ccccc1)c1cc([N+](=O)[O-])c([nH]1)c(-c1ccccc1)c1nc(c(-c3ccccc3)c3ccc([nH]3)c2-c2ccccc2)C=C1[N+](=O)[O-]. The Morgan fingerprint density at radius 2 is 0.807 bits per heavy atom. The molecule has 2 aliphatic rings. The lowest BCUT2D eigenvalue weighted by atomic mass is 10.0. The highest BCUT2D eigenvalue weighted by Crippen LogP contribution is 2.43. The van der Waals surface area contributed by atoms with Crippen molar-refractivity contribution in [2.75, 3.05) is 0 Å². The molecule has 0 unspecified atom stereocenters. The number of nitro groups is 3. The second kappa shape index (κ2) is 13.8. The Morgan fingerprint density at radius 1 is 0.421 bits per heavy atom. The fourth-order valence-corrected chi connectivity index (χ4v) is 7.44. The van der Waals surface area contributed by atoms with Gasteiger partial charge >= 0.3 is 0 Å². The van der Waals surface area contributed by atoms with Gasteiger partial charge in [0.15, 0.2) is 11.4 Å². The van der Waals surface area contributed by atoms with E-state index in [1.165, 1.54) is 18.2 Å². The number of hydrogen-bond acceptors (Lipinski definition) is 8. The Balaban J connectivity index is 1.60. The molecule has 7 aromatic rings. The molecule has 0 saturated carbocycles. The van der Waals surface area contributed by atoms with Crippen molar-refractivity contribution in [1.82, 2.24) is 19.9 Å². The average molecular weight is 750 g/mol. The minimum absolute atomic E-state index is 0.0336. The standard InChI is InChI=1S/C44H27N7O6/c52-49(53)35-23-32-38(26-13-5-1-6-14-26)30-21-22-31(45-30)39(27-15-7-2-8-16-27)33-24-36(50(54)55)43(47-33)41(29-19-11-4-12-20-29)44-37(51(56)57)25-34(48-44)40(42(35)46-32)28-17-9-3-10-18-28/h1-25,45,48H. The van der Waals surface area contributed by atoms with E-state index in [2.05, 4.69) is 9.97 Å². The summed E-state index contributed by atoms with van der Waals surface area (Å²) in [6.07, 6.45) is 2.79. The van der Waals surface area contributed by atoms with Gasteiger partial charge in [-0.3, -0.25) is 30.3 Å². The summed E-state index contributed by atoms with van der Waals surface area (Å²) in [6.45, 7) is 0. The first-order valence-electron chi connectivity index (χ1n) is 17.7. The summed E-state index contributed by atoms with van der Waals surface area (Å²) in [5, 5.41) is 39.0. The molecule has 8 bridgehead atoms. The average Bonchev–Trinajstić information content (AvgIpc) is 4.05. The summed E-state index contributed by atoms with van der Waals surface area (Å²) >= 11 is 0. The van der Waals surface area contributed by atoms with Gasteiger partial charge in [-0.05, 0) is 34.4 Å². The monoisotopic (exact) mass is 749 g/mol. The van der Waals surface area contributed by atoms with Crippen molar-refractivity contribution < 1.29 is 14.8 Å². The third-order valence-electron chi connectivity index (χ3n) is 9.86. The number of nitrogens with zero attached hydrogens (tertiary/aromatic N) is 5. The molecule has 0 spiro atoms. The van der Waals surface area contributed by atoms with Crippen LogP contribution in [-0.2, 0) is 0 Å². The second-order valence-corrected chi connectivity index (χ2v) is 13.2. The summed E-state index contributed by atoms with van der Waals surface area (Å²) in [4.78, 5) is 54.0. The number of nitrogens with one attached hydrogen (secondary N) is 2. The van der Waals surface area contributed by atoms with Crippen LogP contribution in [0, 0.1) is 30.3 Å². The molecule has 0 aliphatic carbocycles. The highest BCUT2D eigenvalue weighted by molar-refractivity contribution is 6.03. The Bertz CT molecular complexity index is 3030. The van der Waals surface area contributed by atoms with Gasteiger partial charge in [-0.15, -0.1) is 0 Å². The highest BCUT2D eigenvalue weighted by Gasteiger charge is 2.33. The third-order valence-corrected chi connectivity index (χ3v) is 9.86. The van der Waals surface area contributed by atoms with E-state index in [1.54, 1.807) is 60.7 Å². The van der Waals surface area contributed by atoms with Gasteiger partial charge in [-0.25, -0.2) is 9.97 Å². The molecular weight excluding hydrogens is 723 g/mol. The van der Waals surface area contributed by atoms with E-state index in [-0.39, 0.29) is 56.3 Å². The van der Waals surface area contributed by atoms with Crippen molar-refractivity contribution >= 4 is 51.3 Å². The van der Waals surface area contributed by atoms with Gasteiger partial charge in [0.1, 0.15) is 5.52 Å². The first-order chi connectivity index (χ1) is 27.8. The predicted octanol–water partition coefficient (Wildman–Crippen LogP) is 10.4. The normalized spacial score (nSPS) is 12.1. The summed E-state index contributed by atoms with van der Waals surface area (Å²) in [5.41, 5.74) is 4.08. The lowest BCUT2D eigenvalue weighted by Crippen LogP contribution is -1.99. The molecule has 2 N–H and O–H groups in total. The van der Waals surface area contributed by atoms with Crippen molar-refractivity contribution in [3.05, 3.63) is 193 Å². The molecule has 0 amide bonds. The van der Waals surface area contributed by atoms with Crippen molar-refractivity contribution in [2.24, 2.45) is 0 Å². The van der Waals surface area contributed by atoms with E-state index in [4.69, 9.17) is 9.97 Å². The van der Waals surface area contributed by atoms with Crippen molar-refractivity contribution in [3.8, 4) is 44.5 Å². The minimum atomic E-state index is -0.591. The van der Waals surface area contributed by atoms with Gasteiger partial charge in [0.05, 0.1) is 31.7 Å². The van der Waals surface area contributed by atoms with Crippen LogP contribution in [0.1, 0.15) is 22.8 Å². The van der Waals surface area contributed by atoms with Gasteiger partial charge in [0.2, 0.25) is 0 Å². The zero-order chi connectivity index (χ0) is 39.2. The zero-order valence-corrected chi connectivity index (χ0v) is 29.6. The smallest absolute Gasteiger partial charge is 0.297 e. The molecule has 0 atom stereocenters. The van der Waals surface area contributed by atoms with Crippen LogP contribution in [0.15, 0.2) is 140 Å². The number of hydrogen-bond donors (Lipinski definition) is 2. The number of aromatic nitrogens is 4. The van der Waals surface area contributed by atoms with E-state index in [0.717, 1.165) is 0 Å². The molecule has 3 aromatic heterocycles. The Hall–Kier alpha value is -8.32. The molecule has 9 rings (SSSR count). The van der Waals surface area contributed by atoms with E-state index in [1.807, 2.05) is 72.8 Å². The van der Waals surface area contributed by atoms with E-state index in [9.17, 15) is 30.3 Å². The van der Waals surface area contributed by atoms with E-state index < -0.39 is 20.5 Å². The third kappa shape index (κ3) is 6.01. The summed E-state index contributed by atoms with van der Waals surface area (Å²) in [5.74, 6) is 0. The molecule has 13 nitrogen and oxygen atoms in total. The van der Waals surface area contributed by atoms with Crippen LogP contribution < -0.4 is 0 Å². The van der Waals surface area contributed by atoms with Gasteiger partial charge in [-0.2, -0.15) is 0 Å². The second-order valence-electron chi connectivity index (χ2n) is 13.2. The molecule has 0 saturated heterocycles. The lowest BCUT2D eigenvalue weighted by molar-refractivity contribution is -0.382. The maximum Gasteiger partial charge on any atom is 0.297 e. The molecule has 0 radical (unpaired) electrons. The van der Waals surface area contributed by atoms with Gasteiger partial charge in [0.25, 0.3) is 17.1 Å². The van der Waals surface area contributed by atoms with E-state index in [0.29, 0.717) is 44.4 Å². The number of H-pyrrole nitrogens is 2. The molecule has 5 heterocycles. The highest BCUT2D eigenvalue weighted by atomic mass is 16.6. The van der Waals surface area contributed by atoms with Crippen LogP contribution in [-0.4, -0.2) is 34.7 Å². The van der Waals surface area contributed by atoms with Gasteiger partial charge in [-0.1, -0.05) is 121 Å². The fraction of sp³-hybridized carbons (Fsp3) is 0. The van der Waals surface area contributed by atoms with Crippen LogP contribution in [0.3, 0.4) is 0 Å². The molecule has 4 aromatic carbocycles. The first kappa shape index (κ1) is 34.4. The summed E-state index contributed by atoms with van der Waals surface area (Å²) < 4.78 is 0. The van der Waals surface area contributed by atoms with Crippen LogP contribution >= 0.6 is 0 Å². The van der Waals surface area contributed by atoms with Crippen LogP contribution in [0.5, 0.6) is 0 Å². The molecule has 0 fully saturated rings. The van der Waals surface area contributed by atoms with Crippen LogP contribution in [0.4, 0.5) is 5.69 Å². The van der Waals surface area contributed by atoms with Gasteiger partial charge < -0.3 is 9.97 Å². The maximum atomic E-state index is 13.0. The Kier molecular flexibility index (Phi) is 8.36. The quantitative estimate of drug-likeness (QED) is 0.119. The van der Waals surface area contributed by atoms with E-state index >= 15 is 0 Å². The molecule has 57 heavy (non-hydrogen) atoms. The first-order valence-corrected chi connectivity index (χ1v) is 17.7. The molecule has 2 aliphatic heterocycles. The predicted molar refractivity (Wildman–Crippen MR) is 219 cm³/mol. The lowest BCUT2D eigenvalue weighted by Gasteiger charge is -2.06. The maximum absolute atomic E-state index is 13.0. The largest absolute Gasteiger partial charge is 0.354 e. The molecule has 274 valence electrons. The molecule has 13 heteroatoms. The Labute approximate surface area is 322 Å². The minimum Gasteiger partial charge on any atom is -0.354 e. The Morgan fingerprint density at radius 3 is 1.21 bits per heavy atom. The van der Waals surface area contributed by atoms with Crippen molar-refractivity contribution in [2.45, 2.75) is 0 Å². The van der Waals surface area contributed by atoms with Crippen molar-refractivity contribution in [3.63, 3.8) is 0 Å². The van der Waals surface area contributed by atoms with Crippen molar-refractivity contribution in [1.29, 1.82) is 0 Å². The molecular formula is C44H27N7O6. The fourth-order valence-electron chi connectivity index (χ4n) is 7.44. The topological polar surface area (TPSA) is 187 Å². The summed E-state index contributed by atoms with van der Waals surface area (Å²) in [7, 11) is 0. The number of rotatable bonds is 7. The number of benzene rings is 4. The van der Waals surface area contributed by atoms with Gasteiger partial charge in [0, 0.05) is 51.5 Å². The number of aromatic amines is 2. The zero-order valence-electron chi connectivity index (χ0n) is 29.6. The van der Waals surface area contributed by atoms with Crippen LogP contribution in [0.25, 0.3) is 90.1 Å². The van der Waals surface area contributed by atoms with Crippen LogP contribution in [0.2, 0.25) is 0 Å².